The highest BCUT2D eigenvalue weighted by atomic mass is 32.2. The first kappa shape index (κ1) is 19.7. The summed E-state index contributed by atoms with van der Waals surface area (Å²) < 4.78 is 5.15. The fourth-order valence-electron chi connectivity index (χ4n) is 2.05. The molecule has 9 nitrogen and oxygen atoms in total. The van der Waals surface area contributed by atoms with Crippen molar-refractivity contribution in [3.63, 3.8) is 0 Å². The van der Waals surface area contributed by atoms with Gasteiger partial charge >= 0.3 is 0 Å². The van der Waals surface area contributed by atoms with Crippen molar-refractivity contribution in [3.05, 3.63) is 58.1 Å². The van der Waals surface area contributed by atoms with E-state index in [-0.39, 0.29) is 34.4 Å². The van der Waals surface area contributed by atoms with Gasteiger partial charge in [-0.3, -0.25) is 19.7 Å². The van der Waals surface area contributed by atoms with E-state index in [1.54, 1.807) is 24.3 Å². The highest BCUT2D eigenvalue weighted by molar-refractivity contribution is 8.00. The number of nitrogens with one attached hydrogen (secondary N) is 1. The second-order valence-corrected chi connectivity index (χ2v) is 6.13. The predicted octanol–water partition coefficient (Wildman–Crippen LogP) is 2.33. The van der Waals surface area contributed by atoms with Crippen LogP contribution in [0.4, 0.5) is 11.4 Å². The van der Waals surface area contributed by atoms with Gasteiger partial charge in [-0.2, -0.15) is 5.26 Å². The molecule has 0 aliphatic carbocycles. The second kappa shape index (κ2) is 9.21. The molecule has 0 spiro atoms. The molecule has 0 aliphatic rings. The lowest BCUT2D eigenvalue weighted by molar-refractivity contribution is -0.387. The van der Waals surface area contributed by atoms with Gasteiger partial charge in [0.2, 0.25) is 11.8 Å². The van der Waals surface area contributed by atoms with Gasteiger partial charge in [0.1, 0.15) is 11.8 Å². The molecule has 0 heterocycles. The van der Waals surface area contributed by atoms with Crippen molar-refractivity contribution in [1.82, 2.24) is 0 Å². The summed E-state index contributed by atoms with van der Waals surface area (Å²) in [5.41, 5.74) is 5.31. The summed E-state index contributed by atoms with van der Waals surface area (Å²) in [5.74, 6) is -0.809. The predicted molar refractivity (Wildman–Crippen MR) is 98.5 cm³/mol. The lowest BCUT2D eigenvalue weighted by Gasteiger charge is -2.08. The highest BCUT2D eigenvalue weighted by Crippen LogP contribution is 2.30. The van der Waals surface area contributed by atoms with Crippen LogP contribution in [0.15, 0.2) is 47.4 Å². The van der Waals surface area contributed by atoms with Crippen molar-refractivity contribution in [2.24, 2.45) is 5.73 Å². The van der Waals surface area contributed by atoms with Gasteiger partial charge in [-0.1, -0.05) is 6.07 Å². The Kier molecular flexibility index (Phi) is 6.73. The molecule has 0 radical (unpaired) electrons. The largest absolute Gasteiger partial charge is 0.479 e. The fourth-order valence-corrected chi connectivity index (χ4v) is 2.86. The van der Waals surface area contributed by atoms with Crippen LogP contribution in [0.1, 0.15) is 10.4 Å². The number of nitriles is 1. The first-order valence-corrected chi connectivity index (χ1v) is 8.50. The molecule has 0 aliphatic heterocycles. The number of benzene rings is 2. The van der Waals surface area contributed by atoms with Crippen molar-refractivity contribution in [3.8, 4) is 11.8 Å². The highest BCUT2D eigenvalue weighted by Gasteiger charge is 2.18. The van der Waals surface area contributed by atoms with E-state index in [1.165, 1.54) is 12.1 Å². The molecule has 2 rings (SSSR count). The van der Waals surface area contributed by atoms with Crippen molar-refractivity contribution in [2.75, 3.05) is 17.7 Å². The quantitative estimate of drug-likeness (QED) is 0.402. The number of thioether (sulfide) groups is 1. The number of amides is 2. The molecule has 27 heavy (non-hydrogen) atoms. The van der Waals surface area contributed by atoms with Crippen molar-refractivity contribution < 1.29 is 19.2 Å². The van der Waals surface area contributed by atoms with Crippen LogP contribution in [0.5, 0.6) is 5.75 Å². The van der Waals surface area contributed by atoms with Crippen molar-refractivity contribution in [2.45, 2.75) is 4.90 Å². The smallest absolute Gasteiger partial charge is 0.283 e. The lowest BCUT2D eigenvalue weighted by Crippen LogP contribution is -2.14. The monoisotopic (exact) mass is 386 g/mol. The summed E-state index contributed by atoms with van der Waals surface area (Å²) >= 11 is 0.961. The van der Waals surface area contributed by atoms with Gasteiger partial charge < -0.3 is 15.8 Å². The maximum Gasteiger partial charge on any atom is 0.283 e. The Labute approximate surface area is 158 Å². The number of nitrogens with two attached hydrogens (primary N) is 1. The molecule has 138 valence electrons. The van der Waals surface area contributed by atoms with E-state index in [0.29, 0.717) is 11.4 Å². The number of carbonyl (C=O) groups is 2. The molecule has 0 fully saturated rings. The average molecular weight is 386 g/mol. The average Bonchev–Trinajstić information content (AvgIpc) is 2.64. The van der Waals surface area contributed by atoms with Crippen LogP contribution in [0.2, 0.25) is 0 Å². The number of anilines is 1. The Hall–Kier alpha value is -3.58. The number of nitrogens with zero attached hydrogens (tertiary/aromatic N) is 2. The third-order valence-electron chi connectivity index (χ3n) is 3.22. The molecular formula is C17H14N4O5S. The maximum atomic E-state index is 12.1. The molecular weight excluding hydrogens is 372 g/mol. The number of hydrogen-bond donors (Lipinski definition) is 2. The summed E-state index contributed by atoms with van der Waals surface area (Å²) in [4.78, 5) is 34.0. The number of nitro groups is 1. The number of primary amides is 1. The molecule has 0 saturated carbocycles. The number of carbonyl (C=O) groups excluding carboxylic acids is 2. The second-order valence-electron chi connectivity index (χ2n) is 5.12. The zero-order valence-electron chi connectivity index (χ0n) is 13.9. The van der Waals surface area contributed by atoms with E-state index in [4.69, 9.17) is 15.7 Å². The minimum atomic E-state index is -0.772. The first-order chi connectivity index (χ1) is 12.9. The zero-order valence-corrected chi connectivity index (χ0v) is 14.7. The van der Waals surface area contributed by atoms with Gasteiger partial charge in [0.25, 0.3) is 5.69 Å². The molecule has 0 bridgehead atoms. The van der Waals surface area contributed by atoms with Crippen LogP contribution in [0.25, 0.3) is 0 Å². The fraction of sp³-hybridized carbons (Fsp3) is 0.118. The Morgan fingerprint density at radius 3 is 2.74 bits per heavy atom. The van der Waals surface area contributed by atoms with Gasteiger partial charge in [0.05, 0.1) is 15.6 Å². The first-order valence-electron chi connectivity index (χ1n) is 7.51. The minimum Gasteiger partial charge on any atom is -0.479 e. The molecule has 0 aromatic heterocycles. The van der Waals surface area contributed by atoms with E-state index >= 15 is 0 Å². The van der Waals surface area contributed by atoms with Gasteiger partial charge in [-0.05, 0) is 24.3 Å². The molecule has 0 unspecified atom stereocenters. The van der Waals surface area contributed by atoms with E-state index in [2.05, 4.69) is 5.32 Å². The normalized spacial score (nSPS) is 9.89. The van der Waals surface area contributed by atoms with Gasteiger partial charge in [0.15, 0.2) is 6.61 Å². The lowest BCUT2D eigenvalue weighted by atomic mass is 10.2. The van der Waals surface area contributed by atoms with Crippen LogP contribution in [-0.2, 0) is 4.79 Å². The maximum absolute atomic E-state index is 12.1. The molecule has 3 N–H and O–H groups in total. The third-order valence-corrected chi connectivity index (χ3v) is 4.28. The number of rotatable bonds is 8. The molecule has 2 aromatic rings. The molecule has 0 saturated heterocycles. The van der Waals surface area contributed by atoms with E-state index < -0.39 is 10.8 Å². The van der Waals surface area contributed by atoms with Crippen LogP contribution in [0, 0.1) is 21.4 Å². The Balaban J connectivity index is 2.02. The molecule has 0 atom stereocenters. The topological polar surface area (TPSA) is 148 Å². The van der Waals surface area contributed by atoms with Crippen LogP contribution in [0.3, 0.4) is 0 Å². The zero-order chi connectivity index (χ0) is 19.8. The Morgan fingerprint density at radius 2 is 2.07 bits per heavy atom. The van der Waals surface area contributed by atoms with Crippen LogP contribution >= 0.6 is 11.8 Å². The minimum absolute atomic E-state index is 0.0182. The Bertz CT molecular complexity index is 926. The SMILES string of the molecule is N#CCOc1cccc(NC(=O)CSc2ccc(C(N)=O)cc2[N+](=O)[O-])c1. The number of nitro benzene ring substituents is 1. The van der Waals surface area contributed by atoms with E-state index in [1.807, 2.05) is 6.07 Å². The van der Waals surface area contributed by atoms with Crippen LogP contribution < -0.4 is 15.8 Å². The summed E-state index contributed by atoms with van der Waals surface area (Å²) in [6.45, 7) is -0.113. The standard InChI is InChI=1S/C17H14N4O5S/c18-6-7-26-13-3-1-2-12(9-13)20-16(22)10-27-15-5-4-11(17(19)23)8-14(15)21(24)25/h1-5,8-9H,7,10H2,(H2,19,23)(H,20,22). The third kappa shape index (κ3) is 5.72. The van der Waals surface area contributed by atoms with Gasteiger partial charge in [-0.25, -0.2) is 0 Å². The van der Waals surface area contributed by atoms with Crippen molar-refractivity contribution in [1.29, 1.82) is 5.26 Å². The van der Waals surface area contributed by atoms with Gasteiger partial charge in [-0.15, -0.1) is 11.8 Å². The van der Waals surface area contributed by atoms with E-state index in [0.717, 1.165) is 17.8 Å². The van der Waals surface area contributed by atoms with Gasteiger partial charge in [0, 0.05) is 23.4 Å². The summed E-state index contributed by atoms with van der Waals surface area (Å²) in [7, 11) is 0. The Morgan fingerprint density at radius 1 is 1.30 bits per heavy atom. The van der Waals surface area contributed by atoms with Crippen molar-refractivity contribution >= 4 is 35.0 Å². The summed E-state index contributed by atoms with van der Waals surface area (Å²) in [6.07, 6.45) is 0. The van der Waals surface area contributed by atoms with E-state index in [9.17, 15) is 19.7 Å². The number of ether oxygens (including phenoxy) is 1. The molecule has 2 aromatic carbocycles. The molecule has 10 heteroatoms. The molecule has 2 amide bonds. The summed E-state index contributed by atoms with van der Waals surface area (Å²) in [5, 5.41) is 22.3. The number of hydrogen-bond acceptors (Lipinski definition) is 7. The summed E-state index contributed by atoms with van der Waals surface area (Å²) in [6, 6.07) is 12.2. The van der Waals surface area contributed by atoms with Crippen LogP contribution in [-0.4, -0.2) is 29.1 Å².